The van der Waals surface area contributed by atoms with E-state index in [0.717, 1.165) is 21.5 Å². The maximum absolute atomic E-state index is 13.4. The number of nitrogens with zero attached hydrogens (tertiary/aromatic N) is 1. The number of benzene rings is 4. The van der Waals surface area contributed by atoms with Gasteiger partial charge < -0.3 is 0 Å². The minimum Gasteiger partial charge on any atom is -0.233 e. The number of rotatable bonds is 2. The number of aromatic nitrogens is 1. The molecule has 0 aliphatic heterocycles. The lowest BCUT2D eigenvalue weighted by Gasteiger charge is -2.09. The van der Waals surface area contributed by atoms with Crippen LogP contribution in [-0.2, 0) is 10.0 Å². The Morgan fingerprint density at radius 1 is 0.577 bits per heavy atom. The summed E-state index contributed by atoms with van der Waals surface area (Å²) in [6.07, 6.45) is 0. The highest BCUT2D eigenvalue weighted by Crippen LogP contribution is 2.34. The van der Waals surface area contributed by atoms with E-state index in [1.165, 1.54) is 3.97 Å². The molecule has 0 spiro atoms. The molecule has 4 aromatic carbocycles. The van der Waals surface area contributed by atoms with Crippen molar-refractivity contribution >= 4 is 42.6 Å². The number of hydrogen-bond acceptors (Lipinski definition) is 2. The molecular formula is C22H15NO2S. The predicted molar refractivity (Wildman–Crippen MR) is 106 cm³/mol. The average Bonchev–Trinajstić information content (AvgIpc) is 3.01. The lowest BCUT2D eigenvalue weighted by Crippen LogP contribution is -2.12. The SMILES string of the molecule is O=S(=O)(c1ccccc1)n1c2ccccc2c2cc3ccccc3cc21. The second kappa shape index (κ2) is 5.44. The van der Waals surface area contributed by atoms with Crippen LogP contribution in [0.2, 0.25) is 0 Å². The van der Waals surface area contributed by atoms with Crippen molar-refractivity contribution in [3.05, 3.63) is 91.0 Å². The zero-order chi connectivity index (χ0) is 17.7. The highest BCUT2D eigenvalue weighted by molar-refractivity contribution is 7.90. The topological polar surface area (TPSA) is 39.1 Å². The number of fused-ring (bicyclic) bond motifs is 4. The third-order valence-corrected chi connectivity index (χ3v) is 6.52. The Morgan fingerprint density at radius 3 is 1.96 bits per heavy atom. The maximum Gasteiger partial charge on any atom is 0.268 e. The van der Waals surface area contributed by atoms with Gasteiger partial charge in [0, 0.05) is 10.8 Å². The van der Waals surface area contributed by atoms with Crippen LogP contribution in [-0.4, -0.2) is 12.4 Å². The summed E-state index contributed by atoms with van der Waals surface area (Å²) in [7, 11) is -3.70. The highest BCUT2D eigenvalue weighted by atomic mass is 32.2. The quantitative estimate of drug-likeness (QED) is 0.436. The van der Waals surface area contributed by atoms with Gasteiger partial charge in [-0.25, -0.2) is 12.4 Å². The molecule has 0 radical (unpaired) electrons. The monoisotopic (exact) mass is 357 g/mol. The molecule has 0 atom stereocenters. The molecule has 5 rings (SSSR count). The van der Waals surface area contributed by atoms with E-state index in [9.17, 15) is 8.42 Å². The first-order chi connectivity index (χ1) is 12.7. The van der Waals surface area contributed by atoms with Gasteiger partial charge >= 0.3 is 0 Å². The second-order valence-electron chi connectivity index (χ2n) is 6.32. The molecule has 4 heteroatoms. The van der Waals surface area contributed by atoms with Gasteiger partial charge in [-0.15, -0.1) is 0 Å². The lowest BCUT2D eigenvalue weighted by atomic mass is 10.1. The molecule has 0 fully saturated rings. The summed E-state index contributed by atoms with van der Waals surface area (Å²) in [5, 5.41) is 4.00. The van der Waals surface area contributed by atoms with Crippen LogP contribution in [0.1, 0.15) is 0 Å². The number of para-hydroxylation sites is 1. The Balaban J connectivity index is 1.99. The molecule has 0 N–H and O–H groups in total. The largest absolute Gasteiger partial charge is 0.268 e. The van der Waals surface area contributed by atoms with E-state index in [0.29, 0.717) is 11.0 Å². The first-order valence-electron chi connectivity index (χ1n) is 8.39. The summed E-state index contributed by atoms with van der Waals surface area (Å²) in [6.45, 7) is 0. The molecule has 0 aliphatic rings. The summed E-state index contributed by atoms with van der Waals surface area (Å²) < 4.78 is 28.3. The smallest absolute Gasteiger partial charge is 0.233 e. The van der Waals surface area contributed by atoms with Crippen molar-refractivity contribution in [2.24, 2.45) is 0 Å². The van der Waals surface area contributed by atoms with Crippen LogP contribution in [0, 0.1) is 0 Å². The lowest BCUT2D eigenvalue weighted by molar-refractivity contribution is 0.590. The molecule has 5 aromatic rings. The van der Waals surface area contributed by atoms with Gasteiger partial charge in [0.25, 0.3) is 10.0 Å². The van der Waals surface area contributed by atoms with Crippen LogP contribution in [0.3, 0.4) is 0 Å². The van der Waals surface area contributed by atoms with Gasteiger partial charge in [0.1, 0.15) is 0 Å². The minimum absolute atomic E-state index is 0.288. The fourth-order valence-corrected chi connectivity index (χ4v) is 5.12. The summed E-state index contributed by atoms with van der Waals surface area (Å²) in [5.74, 6) is 0. The summed E-state index contributed by atoms with van der Waals surface area (Å²) in [4.78, 5) is 0.288. The van der Waals surface area contributed by atoms with Crippen molar-refractivity contribution in [3.63, 3.8) is 0 Å². The molecule has 0 saturated heterocycles. The summed E-state index contributed by atoms with van der Waals surface area (Å²) in [6, 6.07) is 28.3. The molecule has 126 valence electrons. The van der Waals surface area contributed by atoms with Crippen molar-refractivity contribution < 1.29 is 8.42 Å². The predicted octanol–water partition coefficient (Wildman–Crippen LogP) is 5.18. The van der Waals surface area contributed by atoms with Crippen molar-refractivity contribution in [2.45, 2.75) is 4.90 Å². The molecule has 0 saturated carbocycles. The van der Waals surface area contributed by atoms with Crippen LogP contribution in [0.4, 0.5) is 0 Å². The Bertz CT molecular complexity index is 1380. The van der Waals surface area contributed by atoms with Gasteiger partial charge in [-0.1, -0.05) is 60.7 Å². The van der Waals surface area contributed by atoms with Gasteiger partial charge in [0.2, 0.25) is 0 Å². The van der Waals surface area contributed by atoms with Crippen molar-refractivity contribution in [3.8, 4) is 0 Å². The molecular weight excluding hydrogens is 342 g/mol. The first kappa shape index (κ1) is 15.2. The Morgan fingerprint density at radius 2 is 1.19 bits per heavy atom. The molecule has 1 heterocycles. The third kappa shape index (κ3) is 2.09. The normalized spacial score (nSPS) is 12.2. The van der Waals surface area contributed by atoms with Crippen molar-refractivity contribution in [2.75, 3.05) is 0 Å². The molecule has 3 nitrogen and oxygen atoms in total. The first-order valence-corrected chi connectivity index (χ1v) is 9.83. The van der Waals surface area contributed by atoms with E-state index in [1.54, 1.807) is 24.3 Å². The zero-order valence-electron chi connectivity index (χ0n) is 13.8. The van der Waals surface area contributed by atoms with E-state index < -0.39 is 10.0 Å². The zero-order valence-corrected chi connectivity index (χ0v) is 14.6. The summed E-state index contributed by atoms with van der Waals surface area (Å²) in [5.41, 5.74) is 1.40. The Kier molecular flexibility index (Phi) is 3.18. The fourth-order valence-electron chi connectivity index (χ4n) is 3.58. The number of hydrogen-bond donors (Lipinski definition) is 0. The van der Waals surface area contributed by atoms with Crippen LogP contribution in [0.15, 0.2) is 95.9 Å². The molecule has 0 amide bonds. The van der Waals surface area contributed by atoms with Crippen LogP contribution >= 0.6 is 0 Å². The standard InChI is InChI=1S/C22H15NO2S/c24-26(25,18-10-2-1-3-11-18)23-21-13-7-6-12-19(21)20-14-16-8-4-5-9-17(16)15-22(20)23/h1-15H. The minimum atomic E-state index is -3.70. The Hall–Kier alpha value is -3.11. The second-order valence-corrected chi connectivity index (χ2v) is 8.10. The fraction of sp³-hybridized carbons (Fsp3) is 0. The van der Waals surface area contributed by atoms with Crippen molar-refractivity contribution in [1.82, 2.24) is 3.97 Å². The van der Waals surface area contributed by atoms with E-state index in [4.69, 9.17) is 0 Å². The molecule has 26 heavy (non-hydrogen) atoms. The van der Waals surface area contributed by atoms with Gasteiger partial charge in [-0.05, 0) is 41.1 Å². The molecule has 0 unspecified atom stereocenters. The van der Waals surface area contributed by atoms with Gasteiger partial charge in [0.05, 0.1) is 15.9 Å². The van der Waals surface area contributed by atoms with Crippen LogP contribution in [0.5, 0.6) is 0 Å². The van der Waals surface area contributed by atoms with Crippen LogP contribution in [0.25, 0.3) is 32.6 Å². The van der Waals surface area contributed by atoms with E-state index in [2.05, 4.69) is 6.07 Å². The van der Waals surface area contributed by atoms with Gasteiger partial charge in [-0.3, -0.25) is 0 Å². The third-order valence-electron chi connectivity index (χ3n) is 4.78. The van der Waals surface area contributed by atoms with E-state index >= 15 is 0 Å². The average molecular weight is 357 g/mol. The Labute approximate surface area is 151 Å². The molecule has 0 bridgehead atoms. The highest BCUT2D eigenvalue weighted by Gasteiger charge is 2.23. The van der Waals surface area contributed by atoms with E-state index in [-0.39, 0.29) is 4.90 Å². The van der Waals surface area contributed by atoms with E-state index in [1.807, 2.05) is 60.7 Å². The molecule has 0 aliphatic carbocycles. The van der Waals surface area contributed by atoms with Crippen LogP contribution < -0.4 is 0 Å². The van der Waals surface area contributed by atoms with Crippen molar-refractivity contribution in [1.29, 1.82) is 0 Å². The van der Waals surface area contributed by atoms with Gasteiger partial charge in [0.15, 0.2) is 0 Å². The molecule has 1 aromatic heterocycles. The summed E-state index contributed by atoms with van der Waals surface area (Å²) >= 11 is 0. The van der Waals surface area contributed by atoms with Gasteiger partial charge in [-0.2, -0.15) is 0 Å². The maximum atomic E-state index is 13.4.